The molecule has 0 bridgehead atoms. The molecule has 1 aromatic rings. The van der Waals surface area contributed by atoms with Crippen molar-refractivity contribution in [1.82, 2.24) is 0 Å². The highest BCUT2D eigenvalue weighted by molar-refractivity contribution is 9.17. The molecule has 0 atom stereocenters. The van der Waals surface area contributed by atoms with Crippen LogP contribution in [0.3, 0.4) is 0 Å². The van der Waals surface area contributed by atoms with Gasteiger partial charge in [0.25, 0.3) is 0 Å². The fourth-order valence-corrected chi connectivity index (χ4v) is 1.74. The standard InChI is InChI=1S/C11H11Br2N/c1-3-9-4-5-10(8(2)13)11(6-9)14-7-12/h4-7H,2-3H2,1H3. The predicted octanol–water partition coefficient (Wildman–Crippen LogP) is 4.67. The SMILES string of the molecule is C=C(Br)c1ccc(CC)cc1N=CBr. The van der Waals surface area contributed by atoms with E-state index in [0.717, 1.165) is 22.2 Å². The van der Waals surface area contributed by atoms with Crippen LogP contribution in [-0.4, -0.2) is 5.12 Å². The molecule has 0 spiro atoms. The summed E-state index contributed by atoms with van der Waals surface area (Å²) in [6.45, 7) is 5.98. The van der Waals surface area contributed by atoms with Gasteiger partial charge in [0.2, 0.25) is 0 Å². The van der Waals surface area contributed by atoms with Gasteiger partial charge in [-0.05, 0) is 34.0 Å². The van der Waals surface area contributed by atoms with Gasteiger partial charge in [-0.3, -0.25) is 0 Å². The highest BCUT2D eigenvalue weighted by Gasteiger charge is 2.03. The van der Waals surface area contributed by atoms with Crippen molar-refractivity contribution >= 4 is 47.2 Å². The molecule has 0 aromatic heterocycles. The maximum absolute atomic E-state index is 4.24. The number of benzene rings is 1. The van der Waals surface area contributed by atoms with E-state index in [9.17, 15) is 0 Å². The van der Waals surface area contributed by atoms with Gasteiger partial charge in [0.15, 0.2) is 0 Å². The Kier molecular flexibility index (Phi) is 4.55. The van der Waals surface area contributed by atoms with Crippen LogP contribution >= 0.6 is 31.9 Å². The van der Waals surface area contributed by atoms with Gasteiger partial charge in [-0.15, -0.1) is 0 Å². The van der Waals surface area contributed by atoms with Gasteiger partial charge < -0.3 is 0 Å². The summed E-state index contributed by atoms with van der Waals surface area (Å²) in [6, 6.07) is 6.19. The summed E-state index contributed by atoms with van der Waals surface area (Å²) in [5.74, 6) is 0. The van der Waals surface area contributed by atoms with E-state index in [4.69, 9.17) is 0 Å². The minimum atomic E-state index is 0.855. The topological polar surface area (TPSA) is 12.4 Å². The molecule has 1 aromatic carbocycles. The summed E-state index contributed by atoms with van der Waals surface area (Å²) in [6.07, 6.45) is 1.01. The van der Waals surface area contributed by atoms with Crippen LogP contribution in [-0.2, 0) is 6.42 Å². The minimum absolute atomic E-state index is 0.855. The average Bonchev–Trinajstić information content (AvgIpc) is 2.17. The molecule has 0 saturated heterocycles. The molecule has 14 heavy (non-hydrogen) atoms. The van der Waals surface area contributed by atoms with Crippen LogP contribution in [0.25, 0.3) is 4.48 Å². The second-order valence-corrected chi connectivity index (χ2v) is 4.20. The Hall–Kier alpha value is -0.410. The van der Waals surface area contributed by atoms with E-state index in [-0.39, 0.29) is 0 Å². The first kappa shape index (κ1) is 11.7. The van der Waals surface area contributed by atoms with E-state index >= 15 is 0 Å². The van der Waals surface area contributed by atoms with E-state index in [1.54, 1.807) is 5.12 Å². The molecule has 0 amide bonds. The van der Waals surface area contributed by atoms with Crippen molar-refractivity contribution in [3.05, 3.63) is 35.9 Å². The number of hydrogen-bond donors (Lipinski definition) is 0. The number of hydrogen-bond acceptors (Lipinski definition) is 1. The molecule has 0 radical (unpaired) electrons. The maximum Gasteiger partial charge on any atom is 0.0722 e. The third-order valence-electron chi connectivity index (χ3n) is 1.95. The molecule has 0 aliphatic carbocycles. The Labute approximate surface area is 101 Å². The maximum atomic E-state index is 4.24. The Morgan fingerprint density at radius 1 is 1.57 bits per heavy atom. The largest absolute Gasteiger partial charge is 0.249 e. The Morgan fingerprint density at radius 2 is 2.29 bits per heavy atom. The summed E-state index contributed by atoms with van der Waals surface area (Å²) in [5, 5.41) is 1.61. The molecular weight excluding hydrogens is 306 g/mol. The van der Waals surface area contributed by atoms with Crippen molar-refractivity contribution in [3.8, 4) is 0 Å². The summed E-state index contributed by atoms with van der Waals surface area (Å²) >= 11 is 6.55. The van der Waals surface area contributed by atoms with Gasteiger partial charge in [0.05, 0.1) is 10.8 Å². The number of nitrogens with zero attached hydrogens (tertiary/aromatic N) is 1. The minimum Gasteiger partial charge on any atom is -0.249 e. The van der Waals surface area contributed by atoms with Crippen LogP contribution < -0.4 is 0 Å². The number of halogens is 2. The third-order valence-corrected chi connectivity index (χ3v) is 2.58. The third kappa shape index (κ3) is 2.79. The lowest BCUT2D eigenvalue weighted by molar-refractivity contribution is 1.14. The van der Waals surface area contributed by atoms with E-state index in [2.05, 4.69) is 62.5 Å². The fraction of sp³-hybridized carbons (Fsp3) is 0.182. The average molecular weight is 317 g/mol. The predicted molar refractivity (Wildman–Crippen MR) is 70.9 cm³/mol. The monoisotopic (exact) mass is 315 g/mol. The molecular formula is C11H11Br2N. The van der Waals surface area contributed by atoms with Crippen LogP contribution in [0.1, 0.15) is 18.1 Å². The van der Waals surface area contributed by atoms with Gasteiger partial charge in [0.1, 0.15) is 0 Å². The fourth-order valence-electron chi connectivity index (χ4n) is 1.19. The summed E-state index contributed by atoms with van der Waals surface area (Å²) in [5.41, 5.74) is 3.23. The second kappa shape index (κ2) is 5.47. The summed E-state index contributed by atoms with van der Waals surface area (Å²) in [4.78, 5) is 4.24. The van der Waals surface area contributed by atoms with E-state index in [1.165, 1.54) is 5.56 Å². The lowest BCUT2D eigenvalue weighted by atomic mass is 10.1. The van der Waals surface area contributed by atoms with Crippen LogP contribution in [0.5, 0.6) is 0 Å². The number of aliphatic imine (C=N–C) groups is 1. The highest BCUT2D eigenvalue weighted by Crippen LogP contribution is 2.30. The van der Waals surface area contributed by atoms with Gasteiger partial charge in [-0.25, -0.2) is 4.99 Å². The van der Waals surface area contributed by atoms with Gasteiger partial charge in [-0.2, -0.15) is 0 Å². The zero-order chi connectivity index (χ0) is 10.6. The summed E-state index contributed by atoms with van der Waals surface area (Å²) in [7, 11) is 0. The van der Waals surface area contributed by atoms with Crippen molar-refractivity contribution in [2.45, 2.75) is 13.3 Å². The highest BCUT2D eigenvalue weighted by atomic mass is 79.9. The van der Waals surface area contributed by atoms with Crippen molar-refractivity contribution in [2.75, 3.05) is 0 Å². The molecule has 74 valence electrons. The van der Waals surface area contributed by atoms with E-state index < -0.39 is 0 Å². The van der Waals surface area contributed by atoms with Crippen LogP contribution in [0.4, 0.5) is 5.69 Å². The van der Waals surface area contributed by atoms with Crippen LogP contribution in [0.15, 0.2) is 29.8 Å². The first-order valence-corrected chi connectivity index (χ1v) is 6.00. The van der Waals surface area contributed by atoms with Crippen molar-refractivity contribution in [1.29, 1.82) is 0 Å². The molecule has 1 rings (SSSR count). The molecule has 0 fully saturated rings. The quantitative estimate of drug-likeness (QED) is 0.719. The molecule has 0 aliphatic rings. The molecule has 0 N–H and O–H groups in total. The smallest absolute Gasteiger partial charge is 0.0722 e. The lowest BCUT2D eigenvalue weighted by Crippen LogP contribution is -1.83. The first-order valence-electron chi connectivity index (χ1n) is 4.29. The van der Waals surface area contributed by atoms with E-state index in [1.807, 2.05) is 6.07 Å². The molecule has 0 saturated carbocycles. The van der Waals surface area contributed by atoms with Crippen LogP contribution in [0.2, 0.25) is 0 Å². The number of aryl methyl sites for hydroxylation is 1. The normalized spacial score (nSPS) is 10.8. The summed E-state index contributed by atoms with van der Waals surface area (Å²) < 4.78 is 0.855. The number of rotatable bonds is 3. The molecule has 0 unspecified atom stereocenters. The van der Waals surface area contributed by atoms with Crippen LogP contribution in [0, 0.1) is 0 Å². The van der Waals surface area contributed by atoms with Crippen molar-refractivity contribution in [3.63, 3.8) is 0 Å². The van der Waals surface area contributed by atoms with Crippen molar-refractivity contribution < 1.29 is 0 Å². The van der Waals surface area contributed by atoms with E-state index in [0.29, 0.717) is 0 Å². The Morgan fingerprint density at radius 3 is 2.79 bits per heavy atom. The molecule has 0 aliphatic heterocycles. The Bertz CT molecular complexity index is 370. The van der Waals surface area contributed by atoms with Gasteiger partial charge in [-0.1, -0.05) is 41.6 Å². The second-order valence-electron chi connectivity index (χ2n) is 2.84. The molecule has 3 heteroatoms. The van der Waals surface area contributed by atoms with Crippen molar-refractivity contribution in [2.24, 2.45) is 4.99 Å². The Balaban J connectivity index is 3.23. The van der Waals surface area contributed by atoms with Gasteiger partial charge >= 0.3 is 0 Å². The lowest BCUT2D eigenvalue weighted by Gasteiger charge is -2.05. The zero-order valence-corrected chi connectivity index (χ0v) is 11.1. The van der Waals surface area contributed by atoms with Gasteiger partial charge in [0, 0.05) is 10.0 Å². The molecule has 0 heterocycles. The first-order chi connectivity index (χ1) is 6.69. The molecule has 1 nitrogen and oxygen atoms in total. The zero-order valence-electron chi connectivity index (χ0n) is 7.93.